The smallest absolute Gasteiger partial charge is 0.146 e. The molecule has 54 heavy (non-hydrogen) atoms. The van der Waals surface area contributed by atoms with Crippen molar-refractivity contribution in [3.63, 3.8) is 0 Å². The summed E-state index contributed by atoms with van der Waals surface area (Å²) in [5.74, 6) is 0.857. The fraction of sp³-hybridized carbons (Fsp3) is 0. The van der Waals surface area contributed by atoms with E-state index in [0.717, 1.165) is 38.9 Å². The predicted octanol–water partition coefficient (Wildman–Crippen LogP) is 13.5. The highest BCUT2D eigenvalue weighted by Crippen LogP contribution is 2.51. The summed E-state index contributed by atoms with van der Waals surface area (Å²) in [6, 6.07) is 64.0. The summed E-state index contributed by atoms with van der Waals surface area (Å²) in [5.41, 5.74) is 14.1. The van der Waals surface area contributed by atoms with Crippen LogP contribution in [0.15, 0.2) is 198 Å². The van der Waals surface area contributed by atoms with Crippen molar-refractivity contribution >= 4 is 44.5 Å². The number of pyridine rings is 2. The number of nitrogens with zero attached hydrogens (tertiary/aromatic N) is 3. The lowest BCUT2D eigenvalue weighted by Gasteiger charge is -2.19. The van der Waals surface area contributed by atoms with Crippen molar-refractivity contribution < 1.29 is 0 Å². The average Bonchev–Trinajstić information content (AvgIpc) is 3.57. The Morgan fingerprint density at radius 3 is 1.80 bits per heavy atom. The van der Waals surface area contributed by atoms with E-state index < -0.39 is 0 Å². The van der Waals surface area contributed by atoms with Crippen LogP contribution in [0.2, 0.25) is 0 Å². The van der Waals surface area contributed by atoms with Gasteiger partial charge in [-0.2, -0.15) is 0 Å². The van der Waals surface area contributed by atoms with Gasteiger partial charge in [-0.1, -0.05) is 139 Å². The van der Waals surface area contributed by atoms with E-state index in [9.17, 15) is 0 Å². The molecular weight excluding hydrogens is 675 g/mol. The van der Waals surface area contributed by atoms with Gasteiger partial charge >= 0.3 is 0 Å². The van der Waals surface area contributed by atoms with Crippen LogP contribution < -0.4 is 0 Å². The average molecular weight is 706 g/mol. The van der Waals surface area contributed by atoms with Crippen LogP contribution in [0.25, 0.3) is 94.2 Å². The molecule has 0 amide bonds. The third-order valence-electron chi connectivity index (χ3n) is 10.8. The van der Waals surface area contributed by atoms with Gasteiger partial charge in [0.1, 0.15) is 11.5 Å². The van der Waals surface area contributed by atoms with Crippen molar-refractivity contribution in [3.8, 4) is 61.5 Å². The Morgan fingerprint density at radius 2 is 1.00 bits per heavy atom. The van der Waals surface area contributed by atoms with Gasteiger partial charge in [0.05, 0.1) is 5.52 Å². The second-order valence-corrected chi connectivity index (χ2v) is 14.8. The number of benzene rings is 7. The van der Waals surface area contributed by atoms with Gasteiger partial charge in [0.15, 0.2) is 0 Å². The summed E-state index contributed by atoms with van der Waals surface area (Å²) in [6.07, 6.45) is 3.69. The molecule has 1 aliphatic rings. The van der Waals surface area contributed by atoms with E-state index >= 15 is 0 Å². The molecule has 0 N–H and O–H groups in total. The molecule has 0 spiro atoms. The van der Waals surface area contributed by atoms with Crippen molar-refractivity contribution in [2.75, 3.05) is 0 Å². The first kappa shape index (κ1) is 30.8. The van der Waals surface area contributed by atoms with E-state index in [1.54, 1.807) is 0 Å². The summed E-state index contributed by atoms with van der Waals surface area (Å²) < 4.78 is 2.16. The second-order valence-electron chi connectivity index (χ2n) is 13.7. The molecule has 4 heteroatoms. The maximum absolute atomic E-state index is 4.82. The molecular formula is C50H31N3S. The zero-order valence-electron chi connectivity index (χ0n) is 29.1. The van der Waals surface area contributed by atoms with Gasteiger partial charge in [0.2, 0.25) is 0 Å². The maximum atomic E-state index is 4.82. The summed E-state index contributed by atoms with van der Waals surface area (Å²) in [4.78, 5) is 12.0. The third-order valence-corrected chi connectivity index (χ3v) is 12.0. The van der Waals surface area contributed by atoms with Gasteiger partial charge in [-0.15, -0.1) is 0 Å². The quantitative estimate of drug-likeness (QED) is 0.179. The molecule has 0 saturated carbocycles. The van der Waals surface area contributed by atoms with Crippen LogP contribution in [-0.4, -0.2) is 14.5 Å². The van der Waals surface area contributed by atoms with E-state index in [4.69, 9.17) is 9.97 Å². The molecule has 3 aromatic heterocycles. The lowest BCUT2D eigenvalue weighted by molar-refractivity contribution is 1.06. The van der Waals surface area contributed by atoms with Crippen LogP contribution in [-0.2, 0) is 0 Å². The number of fused-ring (bicyclic) bond motifs is 14. The number of hydrogen-bond acceptors (Lipinski definition) is 3. The molecule has 252 valence electrons. The van der Waals surface area contributed by atoms with Crippen LogP contribution >= 0.6 is 11.8 Å². The van der Waals surface area contributed by atoms with Gasteiger partial charge in [0.25, 0.3) is 0 Å². The minimum absolute atomic E-state index is 0.857. The summed E-state index contributed by atoms with van der Waals surface area (Å²) in [5, 5.41) is 4.74. The van der Waals surface area contributed by atoms with Gasteiger partial charge in [-0.25, -0.2) is 9.97 Å². The van der Waals surface area contributed by atoms with Crippen molar-refractivity contribution in [2.24, 2.45) is 0 Å². The number of hydrogen-bond donors (Lipinski definition) is 0. The van der Waals surface area contributed by atoms with E-state index in [-0.39, 0.29) is 0 Å². The fourth-order valence-corrected chi connectivity index (χ4v) is 9.52. The standard InChI is InChI=1S/C50H31N3S/c1-2-13-35-32(12-1)22-26-42-44-30-33(34-24-27-46-45(31-34)43-19-11-29-52-50(43)53(46)48-21-9-10-28-51-48)23-25-40(44)38-16-4-3-14-36(38)37-15-5-6-17-39(37)41-18-7-8-20-47(41)54-49(35)42/h1-31H. The van der Waals surface area contributed by atoms with Gasteiger partial charge in [-0.05, 0) is 115 Å². The minimum atomic E-state index is 0.857. The topological polar surface area (TPSA) is 30.7 Å². The summed E-state index contributed by atoms with van der Waals surface area (Å²) in [7, 11) is 0. The molecule has 1 aliphatic heterocycles. The highest BCUT2D eigenvalue weighted by atomic mass is 32.2. The largest absolute Gasteiger partial charge is 0.278 e. The van der Waals surface area contributed by atoms with E-state index in [1.807, 2.05) is 48.4 Å². The second kappa shape index (κ2) is 12.4. The Morgan fingerprint density at radius 1 is 0.389 bits per heavy atom. The summed E-state index contributed by atoms with van der Waals surface area (Å²) >= 11 is 1.87. The van der Waals surface area contributed by atoms with Gasteiger partial charge in [-0.3, -0.25) is 4.57 Å². The molecule has 0 aliphatic carbocycles. The van der Waals surface area contributed by atoms with Gasteiger partial charge in [0, 0.05) is 33.0 Å². The normalized spacial score (nSPS) is 12.0. The molecule has 0 saturated heterocycles. The molecule has 10 aromatic rings. The lowest BCUT2D eigenvalue weighted by Crippen LogP contribution is -1.97. The van der Waals surface area contributed by atoms with E-state index in [1.165, 1.54) is 65.1 Å². The minimum Gasteiger partial charge on any atom is -0.278 e. The van der Waals surface area contributed by atoms with Crippen LogP contribution in [0.4, 0.5) is 0 Å². The first-order valence-electron chi connectivity index (χ1n) is 18.2. The molecule has 0 radical (unpaired) electrons. The highest BCUT2D eigenvalue weighted by Gasteiger charge is 2.23. The Labute approximate surface area is 317 Å². The van der Waals surface area contributed by atoms with Gasteiger partial charge < -0.3 is 0 Å². The van der Waals surface area contributed by atoms with E-state index in [2.05, 4.69) is 156 Å². The van der Waals surface area contributed by atoms with Crippen LogP contribution in [0.1, 0.15) is 0 Å². The molecule has 3 nitrogen and oxygen atoms in total. The monoisotopic (exact) mass is 705 g/mol. The molecule has 0 atom stereocenters. The Hall–Kier alpha value is -6.75. The summed E-state index contributed by atoms with van der Waals surface area (Å²) in [6.45, 7) is 0. The predicted molar refractivity (Wildman–Crippen MR) is 225 cm³/mol. The third kappa shape index (κ3) is 4.84. The zero-order chi connectivity index (χ0) is 35.6. The van der Waals surface area contributed by atoms with Crippen LogP contribution in [0, 0.1) is 0 Å². The van der Waals surface area contributed by atoms with Crippen molar-refractivity contribution in [3.05, 3.63) is 188 Å². The highest BCUT2D eigenvalue weighted by molar-refractivity contribution is 7.99. The van der Waals surface area contributed by atoms with Crippen LogP contribution in [0.5, 0.6) is 0 Å². The SMILES string of the molecule is c1ccc(-n2c3ccc(-c4ccc5c(c4)-c4ccc6ccccc6c4Sc4ccccc4-c4ccccc4-c4ccccc4-5)cc3c3cccnc32)nc1. The van der Waals surface area contributed by atoms with Crippen molar-refractivity contribution in [1.82, 2.24) is 14.5 Å². The Balaban J connectivity index is 1.21. The maximum Gasteiger partial charge on any atom is 0.146 e. The fourth-order valence-electron chi connectivity index (χ4n) is 8.28. The molecule has 0 bridgehead atoms. The van der Waals surface area contributed by atoms with Crippen molar-refractivity contribution in [1.29, 1.82) is 0 Å². The van der Waals surface area contributed by atoms with E-state index in [0.29, 0.717) is 0 Å². The molecule has 4 heterocycles. The lowest BCUT2D eigenvalue weighted by atomic mass is 9.85. The molecule has 0 fully saturated rings. The van der Waals surface area contributed by atoms with Crippen molar-refractivity contribution in [2.45, 2.75) is 9.79 Å². The number of rotatable bonds is 2. The molecule has 7 aromatic carbocycles. The first-order valence-corrected chi connectivity index (χ1v) is 19.0. The van der Waals surface area contributed by atoms with Crippen LogP contribution in [0.3, 0.4) is 0 Å². The Bertz CT molecular complexity index is 3090. The molecule has 0 unspecified atom stereocenters. The Kier molecular flexibility index (Phi) is 7.10. The molecule has 11 rings (SSSR count). The zero-order valence-corrected chi connectivity index (χ0v) is 30.0. The number of aromatic nitrogens is 3. The first-order chi connectivity index (χ1) is 26.8.